The van der Waals surface area contributed by atoms with Gasteiger partial charge in [-0.2, -0.15) is 8.78 Å². The second-order valence-electron chi connectivity index (χ2n) is 4.09. The summed E-state index contributed by atoms with van der Waals surface area (Å²) in [6.45, 7) is -1.76. The van der Waals surface area contributed by atoms with Crippen LogP contribution in [0.5, 0.6) is 0 Å². The van der Waals surface area contributed by atoms with Crippen molar-refractivity contribution in [2.45, 2.75) is 19.5 Å². The van der Waals surface area contributed by atoms with Crippen LogP contribution in [0, 0.1) is 5.82 Å². The zero-order valence-corrected chi connectivity index (χ0v) is 10.2. The fraction of sp³-hybridized carbons (Fsp3) is 0.308. The van der Waals surface area contributed by atoms with Crippen LogP contribution in [-0.2, 0) is 13.0 Å². The van der Waals surface area contributed by atoms with E-state index in [0.717, 1.165) is 10.1 Å². The number of hydrogen-bond donors (Lipinski definition) is 1. The first-order valence-electron chi connectivity index (χ1n) is 5.92. The maximum Gasteiger partial charge on any atom is 0.319 e. The van der Waals surface area contributed by atoms with E-state index >= 15 is 0 Å². The van der Waals surface area contributed by atoms with Crippen LogP contribution >= 0.6 is 0 Å². The molecule has 0 fully saturated rings. The topological polar surface area (TPSA) is 29.9 Å². The number of benzene rings is 1. The van der Waals surface area contributed by atoms with Crippen molar-refractivity contribution in [3.05, 3.63) is 53.9 Å². The maximum atomic E-state index is 12.9. The molecule has 0 amide bonds. The Hall–Kier alpha value is -1.82. The Morgan fingerprint density at radius 1 is 1.32 bits per heavy atom. The summed E-state index contributed by atoms with van der Waals surface area (Å²) in [5, 5.41) is 3.01. The number of rotatable bonds is 6. The molecule has 0 saturated heterocycles. The van der Waals surface area contributed by atoms with Crippen LogP contribution in [0.15, 0.2) is 36.7 Å². The van der Waals surface area contributed by atoms with Gasteiger partial charge < -0.3 is 5.32 Å². The van der Waals surface area contributed by atoms with Gasteiger partial charge in [-0.1, -0.05) is 12.1 Å². The minimum Gasteiger partial charge on any atom is -0.310 e. The Balaban J connectivity index is 1.79. The molecule has 2 rings (SSSR count). The zero-order chi connectivity index (χ0) is 13.7. The standard InChI is InChI=1S/C13H14F3N3/c14-11-3-1-2-10(8-11)4-5-17-9-12-18-6-7-19(12)13(15)16/h1-3,6-8,13,17H,4-5,9H2. The van der Waals surface area contributed by atoms with Crippen molar-refractivity contribution >= 4 is 0 Å². The lowest BCUT2D eigenvalue weighted by Gasteiger charge is -2.07. The first-order valence-corrected chi connectivity index (χ1v) is 5.92. The Labute approximate surface area is 109 Å². The molecule has 2 aromatic rings. The molecule has 0 radical (unpaired) electrons. The van der Waals surface area contributed by atoms with Crippen LogP contribution in [0.3, 0.4) is 0 Å². The number of nitrogens with one attached hydrogen (secondary N) is 1. The van der Waals surface area contributed by atoms with E-state index in [0.29, 0.717) is 13.0 Å². The van der Waals surface area contributed by atoms with E-state index in [4.69, 9.17) is 0 Å². The third kappa shape index (κ3) is 3.82. The number of hydrogen-bond acceptors (Lipinski definition) is 2. The molecule has 0 aliphatic heterocycles. The molecule has 0 unspecified atom stereocenters. The Bertz CT molecular complexity index is 525. The highest BCUT2D eigenvalue weighted by molar-refractivity contribution is 5.16. The van der Waals surface area contributed by atoms with Crippen molar-refractivity contribution in [2.24, 2.45) is 0 Å². The van der Waals surface area contributed by atoms with Crippen molar-refractivity contribution in [3.8, 4) is 0 Å². The molecule has 102 valence electrons. The monoisotopic (exact) mass is 269 g/mol. The highest BCUT2D eigenvalue weighted by atomic mass is 19.3. The summed E-state index contributed by atoms with van der Waals surface area (Å²) < 4.78 is 38.8. The van der Waals surface area contributed by atoms with Crippen LogP contribution in [-0.4, -0.2) is 16.1 Å². The number of alkyl halides is 2. The highest BCUT2D eigenvalue weighted by Crippen LogP contribution is 2.12. The molecule has 1 N–H and O–H groups in total. The van der Waals surface area contributed by atoms with Crippen molar-refractivity contribution in [3.63, 3.8) is 0 Å². The lowest BCUT2D eigenvalue weighted by Crippen LogP contribution is -2.19. The smallest absolute Gasteiger partial charge is 0.310 e. The summed E-state index contributed by atoms with van der Waals surface area (Å²) in [4.78, 5) is 3.86. The molecule has 0 spiro atoms. The zero-order valence-electron chi connectivity index (χ0n) is 10.2. The Morgan fingerprint density at radius 2 is 2.16 bits per heavy atom. The van der Waals surface area contributed by atoms with Gasteiger partial charge in [0.1, 0.15) is 11.6 Å². The lowest BCUT2D eigenvalue weighted by molar-refractivity contribution is 0.0666. The van der Waals surface area contributed by atoms with Gasteiger partial charge in [-0.15, -0.1) is 0 Å². The van der Waals surface area contributed by atoms with Gasteiger partial charge in [0.25, 0.3) is 0 Å². The van der Waals surface area contributed by atoms with Crippen molar-refractivity contribution in [2.75, 3.05) is 6.54 Å². The molecule has 1 heterocycles. The molecular weight excluding hydrogens is 255 g/mol. The van der Waals surface area contributed by atoms with Gasteiger partial charge in [0.15, 0.2) is 0 Å². The molecule has 0 aliphatic carbocycles. The number of aromatic nitrogens is 2. The molecule has 3 nitrogen and oxygen atoms in total. The lowest BCUT2D eigenvalue weighted by atomic mass is 10.1. The van der Waals surface area contributed by atoms with Gasteiger partial charge >= 0.3 is 6.55 Å². The van der Waals surface area contributed by atoms with Crippen LogP contribution in [0.1, 0.15) is 17.9 Å². The Morgan fingerprint density at radius 3 is 2.89 bits per heavy atom. The molecule has 0 bridgehead atoms. The van der Waals surface area contributed by atoms with E-state index < -0.39 is 6.55 Å². The van der Waals surface area contributed by atoms with E-state index in [-0.39, 0.29) is 18.2 Å². The molecule has 6 heteroatoms. The van der Waals surface area contributed by atoms with Crippen LogP contribution in [0.25, 0.3) is 0 Å². The minimum absolute atomic E-state index is 0.257. The molecule has 1 aromatic carbocycles. The van der Waals surface area contributed by atoms with Gasteiger partial charge in [0.05, 0.1) is 6.54 Å². The first kappa shape index (κ1) is 13.6. The average Bonchev–Trinajstić information content (AvgIpc) is 2.83. The summed E-state index contributed by atoms with van der Waals surface area (Å²) in [6, 6.07) is 6.32. The number of halogens is 3. The second-order valence-corrected chi connectivity index (χ2v) is 4.09. The van der Waals surface area contributed by atoms with Gasteiger partial charge in [-0.3, -0.25) is 4.57 Å². The van der Waals surface area contributed by atoms with E-state index in [2.05, 4.69) is 10.3 Å². The van der Waals surface area contributed by atoms with Crippen LogP contribution in [0.4, 0.5) is 13.2 Å². The summed E-state index contributed by atoms with van der Waals surface area (Å²) in [5.74, 6) is 0.0139. The predicted molar refractivity (Wildman–Crippen MR) is 65.3 cm³/mol. The summed E-state index contributed by atoms with van der Waals surface area (Å²) in [5.41, 5.74) is 0.865. The fourth-order valence-electron chi connectivity index (χ4n) is 1.78. The largest absolute Gasteiger partial charge is 0.319 e. The summed E-state index contributed by atoms with van der Waals surface area (Å²) in [6.07, 6.45) is 3.22. The van der Waals surface area contributed by atoms with Crippen molar-refractivity contribution in [1.29, 1.82) is 0 Å². The fourth-order valence-corrected chi connectivity index (χ4v) is 1.78. The van der Waals surface area contributed by atoms with Gasteiger partial charge in [-0.25, -0.2) is 9.37 Å². The molecule has 19 heavy (non-hydrogen) atoms. The van der Waals surface area contributed by atoms with E-state index in [1.54, 1.807) is 6.07 Å². The van der Waals surface area contributed by atoms with Crippen molar-refractivity contribution in [1.82, 2.24) is 14.9 Å². The number of imidazole rings is 1. The quantitative estimate of drug-likeness (QED) is 0.817. The molecule has 0 aliphatic rings. The summed E-state index contributed by atoms with van der Waals surface area (Å²) >= 11 is 0. The predicted octanol–water partition coefficient (Wildman–Crippen LogP) is 2.75. The molecule has 1 aromatic heterocycles. The SMILES string of the molecule is Fc1cccc(CCNCc2nccn2C(F)F)c1. The van der Waals surface area contributed by atoms with Gasteiger partial charge in [-0.05, 0) is 30.7 Å². The third-order valence-corrected chi connectivity index (χ3v) is 2.72. The normalized spacial score (nSPS) is 11.2. The minimum atomic E-state index is -2.58. The van der Waals surface area contributed by atoms with E-state index in [9.17, 15) is 13.2 Å². The van der Waals surface area contributed by atoms with Crippen LogP contribution in [0.2, 0.25) is 0 Å². The number of nitrogens with zero attached hydrogens (tertiary/aromatic N) is 2. The average molecular weight is 269 g/mol. The molecule has 0 saturated carbocycles. The Kier molecular flexibility index (Phi) is 4.57. The molecular formula is C13H14F3N3. The van der Waals surface area contributed by atoms with Gasteiger partial charge in [0, 0.05) is 12.4 Å². The maximum absolute atomic E-state index is 12.9. The summed E-state index contributed by atoms with van der Waals surface area (Å²) in [7, 11) is 0. The highest BCUT2D eigenvalue weighted by Gasteiger charge is 2.10. The first-order chi connectivity index (χ1) is 9.16. The van der Waals surface area contributed by atoms with Crippen molar-refractivity contribution < 1.29 is 13.2 Å². The molecule has 0 atom stereocenters. The third-order valence-electron chi connectivity index (χ3n) is 2.72. The van der Waals surface area contributed by atoms with Gasteiger partial charge in [0.2, 0.25) is 0 Å². The van der Waals surface area contributed by atoms with Crippen LogP contribution < -0.4 is 5.32 Å². The second kappa shape index (κ2) is 6.38. The van der Waals surface area contributed by atoms with E-state index in [1.165, 1.54) is 24.5 Å². The van der Waals surface area contributed by atoms with E-state index in [1.807, 2.05) is 6.07 Å².